The van der Waals surface area contributed by atoms with Crippen molar-refractivity contribution in [1.29, 1.82) is 0 Å². The zero-order valence-corrected chi connectivity index (χ0v) is 15.1. The highest BCUT2D eigenvalue weighted by molar-refractivity contribution is 6.05. The third kappa shape index (κ3) is 3.22. The van der Waals surface area contributed by atoms with Gasteiger partial charge in [0.05, 0.1) is 11.6 Å². The molecule has 0 saturated carbocycles. The third-order valence-electron chi connectivity index (χ3n) is 5.31. The lowest BCUT2D eigenvalue weighted by atomic mass is 9.74. The summed E-state index contributed by atoms with van der Waals surface area (Å²) in [6.07, 6.45) is 0.937. The Kier molecular flexibility index (Phi) is 5.08. The molecular formula is C23H23NO2. The first-order valence-electron chi connectivity index (χ1n) is 8.82. The largest absolute Gasteiger partial charge is 0.481 e. The minimum atomic E-state index is -0.834. The van der Waals surface area contributed by atoms with Crippen LogP contribution in [0.4, 0.5) is 0 Å². The zero-order valence-electron chi connectivity index (χ0n) is 15.1. The molecule has 3 heteroatoms. The van der Waals surface area contributed by atoms with Crippen molar-refractivity contribution in [3.63, 3.8) is 0 Å². The van der Waals surface area contributed by atoms with Gasteiger partial charge in [-0.25, -0.2) is 0 Å². The van der Waals surface area contributed by atoms with Crippen LogP contribution >= 0.6 is 0 Å². The summed E-state index contributed by atoms with van der Waals surface area (Å²) >= 11 is 0. The maximum absolute atomic E-state index is 11.6. The summed E-state index contributed by atoms with van der Waals surface area (Å²) in [6.45, 7) is 9.97. The number of hydrogen-bond acceptors (Lipinski definition) is 2. The molecule has 2 unspecified atom stereocenters. The Morgan fingerprint density at radius 1 is 1.15 bits per heavy atom. The van der Waals surface area contributed by atoms with E-state index in [1.807, 2.05) is 48.5 Å². The molecule has 0 bridgehead atoms. The van der Waals surface area contributed by atoms with Crippen LogP contribution in [-0.2, 0) is 10.2 Å². The molecule has 0 saturated heterocycles. The second-order valence-electron chi connectivity index (χ2n) is 6.94. The Morgan fingerprint density at radius 2 is 1.73 bits per heavy atom. The number of aliphatic carboxylic acids is 1. The summed E-state index contributed by atoms with van der Waals surface area (Å²) in [7, 11) is 0. The smallest absolute Gasteiger partial charge is 0.310 e. The van der Waals surface area contributed by atoms with Gasteiger partial charge >= 0.3 is 5.97 Å². The number of rotatable bonds is 6. The molecule has 3 rings (SSSR count). The molecule has 0 aliphatic carbocycles. The Bertz CT molecular complexity index is 852. The molecule has 2 radical (unpaired) electrons. The Morgan fingerprint density at radius 3 is 2.27 bits per heavy atom. The standard InChI is InChI=1S/C23H23NO2/c1-4-23(3,18-13-9-6-10-14-18)20-15-19(16(2)22(25)26)21(24-20)17-11-7-5-8-12-17/h1,5-14,16H,4,15H2,2-3H3,(H,25,26). The summed E-state index contributed by atoms with van der Waals surface area (Å²) in [5.41, 5.74) is 4.14. The lowest BCUT2D eigenvalue weighted by Gasteiger charge is -2.29. The predicted octanol–water partition coefficient (Wildman–Crippen LogP) is 5.02. The lowest BCUT2D eigenvalue weighted by molar-refractivity contribution is -0.139. The van der Waals surface area contributed by atoms with Crippen molar-refractivity contribution in [2.24, 2.45) is 10.9 Å². The maximum Gasteiger partial charge on any atom is 0.310 e. The number of benzene rings is 2. The molecule has 2 aromatic rings. The molecule has 2 aromatic carbocycles. The number of aliphatic imine (C=N–C) groups is 1. The topological polar surface area (TPSA) is 49.7 Å². The van der Waals surface area contributed by atoms with Crippen LogP contribution in [0.25, 0.3) is 5.70 Å². The van der Waals surface area contributed by atoms with Crippen LogP contribution in [-0.4, -0.2) is 16.8 Å². The molecule has 3 nitrogen and oxygen atoms in total. The Hall–Kier alpha value is -2.68. The first-order valence-corrected chi connectivity index (χ1v) is 8.82. The van der Waals surface area contributed by atoms with Crippen LogP contribution in [0.2, 0.25) is 0 Å². The molecule has 26 heavy (non-hydrogen) atoms. The van der Waals surface area contributed by atoms with Crippen molar-refractivity contribution in [3.8, 4) is 0 Å². The van der Waals surface area contributed by atoms with Gasteiger partial charge in [0.2, 0.25) is 0 Å². The van der Waals surface area contributed by atoms with E-state index in [1.54, 1.807) is 6.92 Å². The first kappa shape index (κ1) is 18.1. The number of nitrogens with zero attached hydrogens (tertiary/aromatic N) is 1. The van der Waals surface area contributed by atoms with E-state index in [4.69, 9.17) is 11.9 Å². The first-order chi connectivity index (χ1) is 12.5. The highest BCUT2D eigenvalue weighted by Crippen LogP contribution is 2.41. The average molecular weight is 345 g/mol. The van der Waals surface area contributed by atoms with Crippen LogP contribution in [0.3, 0.4) is 0 Å². The second-order valence-corrected chi connectivity index (χ2v) is 6.94. The number of hydrogen-bond donors (Lipinski definition) is 1. The van der Waals surface area contributed by atoms with Crippen LogP contribution in [0.1, 0.15) is 37.8 Å². The van der Waals surface area contributed by atoms with Gasteiger partial charge in [-0.15, -0.1) is 0 Å². The van der Waals surface area contributed by atoms with Gasteiger partial charge in [0.25, 0.3) is 0 Å². The summed E-state index contributed by atoms with van der Waals surface area (Å²) in [5, 5.41) is 9.56. The van der Waals surface area contributed by atoms with Gasteiger partial charge in [-0.3, -0.25) is 9.79 Å². The molecule has 0 amide bonds. The summed E-state index contributed by atoms with van der Waals surface area (Å²) in [5.74, 6) is -1.43. The maximum atomic E-state index is 11.6. The van der Waals surface area contributed by atoms with E-state index in [0.717, 1.165) is 28.1 Å². The van der Waals surface area contributed by atoms with E-state index in [1.165, 1.54) is 0 Å². The van der Waals surface area contributed by atoms with Gasteiger partial charge in [-0.2, -0.15) is 0 Å². The normalized spacial score (nSPS) is 17.6. The number of carboxylic acid groups (broad SMARTS) is 1. The van der Waals surface area contributed by atoms with Crippen LogP contribution < -0.4 is 0 Å². The van der Waals surface area contributed by atoms with Gasteiger partial charge in [-0.05, 0) is 31.4 Å². The van der Waals surface area contributed by atoms with Gasteiger partial charge in [0, 0.05) is 23.1 Å². The van der Waals surface area contributed by atoms with Crippen LogP contribution in [0.5, 0.6) is 0 Å². The van der Waals surface area contributed by atoms with E-state index < -0.39 is 17.3 Å². The molecule has 2 atom stereocenters. The molecule has 0 aromatic heterocycles. The van der Waals surface area contributed by atoms with Crippen molar-refractivity contribution < 1.29 is 9.90 Å². The SMILES string of the molecule is [CH]CC(C)(C1=NC(c2ccccc2)=C(C(C)C(=O)O)C1)c1ccccc1. The predicted molar refractivity (Wildman–Crippen MR) is 105 cm³/mol. The minimum absolute atomic E-state index is 0.409. The Balaban J connectivity index is 2.08. The van der Waals surface area contributed by atoms with Gasteiger partial charge in [0.1, 0.15) is 0 Å². The molecule has 1 aliphatic rings. The summed E-state index contributed by atoms with van der Waals surface area (Å²) < 4.78 is 0. The quantitative estimate of drug-likeness (QED) is 0.799. The fourth-order valence-electron chi connectivity index (χ4n) is 3.39. The van der Waals surface area contributed by atoms with E-state index in [0.29, 0.717) is 12.8 Å². The van der Waals surface area contributed by atoms with Gasteiger partial charge < -0.3 is 5.11 Å². The van der Waals surface area contributed by atoms with Crippen molar-refractivity contribution in [2.45, 2.75) is 32.1 Å². The van der Waals surface area contributed by atoms with Crippen molar-refractivity contribution in [1.82, 2.24) is 0 Å². The molecule has 0 fully saturated rings. The molecule has 132 valence electrons. The van der Waals surface area contributed by atoms with E-state index in [9.17, 15) is 9.90 Å². The molecule has 1 heterocycles. The number of carboxylic acids is 1. The molecule has 0 spiro atoms. The van der Waals surface area contributed by atoms with Crippen molar-refractivity contribution >= 4 is 17.4 Å². The van der Waals surface area contributed by atoms with Gasteiger partial charge in [-0.1, -0.05) is 67.6 Å². The molecular weight excluding hydrogens is 322 g/mol. The number of carbonyl (C=O) groups is 1. The Labute approximate surface area is 155 Å². The minimum Gasteiger partial charge on any atom is -0.481 e. The lowest BCUT2D eigenvalue weighted by Crippen LogP contribution is -2.31. The fourth-order valence-corrected chi connectivity index (χ4v) is 3.39. The second kappa shape index (κ2) is 7.28. The van der Waals surface area contributed by atoms with E-state index >= 15 is 0 Å². The average Bonchev–Trinajstić information content (AvgIpc) is 3.14. The van der Waals surface area contributed by atoms with Crippen molar-refractivity contribution in [2.75, 3.05) is 0 Å². The monoisotopic (exact) mass is 345 g/mol. The zero-order chi connectivity index (χ0) is 18.7. The fraction of sp³-hybridized carbons (Fsp3) is 0.261. The highest BCUT2D eigenvalue weighted by atomic mass is 16.4. The summed E-state index contributed by atoms with van der Waals surface area (Å²) in [6, 6.07) is 19.8. The van der Waals surface area contributed by atoms with E-state index in [2.05, 4.69) is 19.1 Å². The molecule has 1 N–H and O–H groups in total. The van der Waals surface area contributed by atoms with Crippen molar-refractivity contribution in [3.05, 3.63) is 84.3 Å². The van der Waals surface area contributed by atoms with E-state index in [-0.39, 0.29) is 0 Å². The van der Waals surface area contributed by atoms with Gasteiger partial charge in [0.15, 0.2) is 0 Å². The van der Waals surface area contributed by atoms with Crippen LogP contribution in [0, 0.1) is 12.8 Å². The third-order valence-corrected chi connectivity index (χ3v) is 5.31. The van der Waals surface area contributed by atoms with Crippen LogP contribution in [0.15, 0.2) is 71.2 Å². The highest BCUT2D eigenvalue weighted by Gasteiger charge is 2.37. The summed E-state index contributed by atoms with van der Waals surface area (Å²) in [4.78, 5) is 16.6. The molecule has 1 aliphatic heterocycles.